The van der Waals surface area contributed by atoms with Gasteiger partial charge in [-0.2, -0.15) is 18.4 Å². The summed E-state index contributed by atoms with van der Waals surface area (Å²) >= 11 is 2.78. The van der Waals surface area contributed by atoms with E-state index < -0.39 is 11.7 Å². The molecule has 0 bridgehead atoms. The molecule has 0 amide bonds. The third-order valence-electron chi connectivity index (χ3n) is 1.84. The lowest BCUT2D eigenvalue weighted by atomic mass is 10.0. The average molecular weight is 279 g/mol. The van der Waals surface area contributed by atoms with Crippen molar-refractivity contribution in [1.29, 1.82) is 5.26 Å². The number of rotatable bonds is 1. The van der Waals surface area contributed by atoms with Gasteiger partial charge in [-0.05, 0) is 17.7 Å². The van der Waals surface area contributed by atoms with Gasteiger partial charge in [-0.1, -0.05) is 15.9 Å². The van der Waals surface area contributed by atoms with Crippen molar-refractivity contribution in [1.82, 2.24) is 0 Å². The minimum Gasteiger partial charge on any atom is -0.326 e. The Morgan fingerprint density at radius 2 is 2.00 bits per heavy atom. The molecule has 15 heavy (non-hydrogen) atoms. The smallest absolute Gasteiger partial charge is 0.326 e. The first-order valence-electron chi connectivity index (χ1n) is 3.90. The third-order valence-corrected chi connectivity index (χ3v) is 2.49. The molecule has 0 aliphatic heterocycles. The van der Waals surface area contributed by atoms with Crippen molar-refractivity contribution in [3.05, 3.63) is 33.3 Å². The van der Waals surface area contributed by atoms with E-state index in [-0.39, 0.29) is 22.1 Å². The minimum absolute atomic E-state index is 0.0980. The number of hydrogen-bond acceptors (Lipinski definition) is 2. The van der Waals surface area contributed by atoms with Crippen LogP contribution in [0.2, 0.25) is 0 Å². The second-order valence-electron chi connectivity index (χ2n) is 2.80. The summed E-state index contributed by atoms with van der Waals surface area (Å²) in [6.07, 6.45) is -4.45. The molecule has 0 saturated heterocycles. The number of nitrogens with zero attached hydrogens (tertiary/aromatic N) is 1. The second-order valence-corrected chi connectivity index (χ2v) is 3.66. The number of benzene rings is 1. The maximum atomic E-state index is 12.4. The SMILES string of the molecule is N#Cc1cc(Br)c(C(F)(F)F)cc1CN. The molecule has 0 heterocycles. The van der Waals surface area contributed by atoms with Crippen LogP contribution in [0.3, 0.4) is 0 Å². The third kappa shape index (κ3) is 2.49. The highest BCUT2D eigenvalue weighted by Gasteiger charge is 2.33. The van der Waals surface area contributed by atoms with Gasteiger partial charge in [0, 0.05) is 11.0 Å². The molecule has 0 atom stereocenters. The van der Waals surface area contributed by atoms with Gasteiger partial charge in [-0.3, -0.25) is 0 Å². The van der Waals surface area contributed by atoms with Gasteiger partial charge in [-0.15, -0.1) is 0 Å². The Morgan fingerprint density at radius 1 is 1.40 bits per heavy atom. The van der Waals surface area contributed by atoms with E-state index in [9.17, 15) is 13.2 Å². The van der Waals surface area contributed by atoms with Crippen molar-refractivity contribution >= 4 is 15.9 Å². The number of alkyl halides is 3. The Balaban J connectivity index is 3.41. The molecule has 1 aromatic rings. The van der Waals surface area contributed by atoms with Crippen LogP contribution in [-0.2, 0) is 12.7 Å². The molecule has 0 fully saturated rings. The fourth-order valence-corrected chi connectivity index (χ4v) is 1.68. The molecule has 0 radical (unpaired) electrons. The van der Waals surface area contributed by atoms with Crippen LogP contribution < -0.4 is 5.73 Å². The molecule has 0 saturated carbocycles. The maximum absolute atomic E-state index is 12.4. The first-order valence-corrected chi connectivity index (χ1v) is 4.69. The molecule has 80 valence electrons. The molecule has 1 aromatic carbocycles. The summed E-state index contributed by atoms with van der Waals surface area (Å²) in [5, 5.41) is 8.66. The van der Waals surface area contributed by atoms with E-state index >= 15 is 0 Å². The van der Waals surface area contributed by atoms with Crippen molar-refractivity contribution in [2.75, 3.05) is 0 Å². The van der Waals surface area contributed by atoms with E-state index in [1.165, 1.54) is 0 Å². The highest BCUT2D eigenvalue weighted by atomic mass is 79.9. The largest absolute Gasteiger partial charge is 0.417 e. The fraction of sp³-hybridized carbons (Fsp3) is 0.222. The van der Waals surface area contributed by atoms with Crippen molar-refractivity contribution in [3.8, 4) is 6.07 Å². The zero-order chi connectivity index (χ0) is 11.6. The van der Waals surface area contributed by atoms with Crippen LogP contribution in [0.25, 0.3) is 0 Å². The van der Waals surface area contributed by atoms with Crippen LogP contribution in [0.5, 0.6) is 0 Å². The van der Waals surface area contributed by atoms with Gasteiger partial charge in [0.25, 0.3) is 0 Å². The Morgan fingerprint density at radius 3 is 2.40 bits per heavy atom. The monoisotopic (exact) mass is 278 g/mol. The second kappa shape index (κ2) is 4.21. The van der Waals surface area contributed by atoms with Crippen LogP contribution >= 0.6 is 15.9 Å². The fourth-order valence-electron chi connectivity index (χ4n) is 1.11. The molecule has 0 unspecified atom stereocenters. The van der Waals surface area contributed by atoms with Gasteiger partial charge in [-0.25, -0.2) is 0 Å². The lowest BCUT2D eigenvalue weighted by Gasteiger charge is -2.11. The standard InChI is InChI=1S/C9H6BrF3N2/c10-8-2-6(4-15)5(3-14)1-7(8)9(11,12)13/h1-2H,3,14H2. The number of halogens is 4. The topological polar surface area (TPSA) is 49.8 Å². The Hall–Kier alpha value is -1.06. The van der Waals surface area contributed by atoms with Crippen molar-refractivity contribution in [2.45, 2.75) is 12.7 Å². The molecular formula is C9H6BrF3N2. The Kier molecular flexibility index (Phi) is 3.37. The van der Waals surface area contributed by atoms with Gasteiger partial charge >= 0.3 is 6.18 Å². The molecule has 1 rings (SSSR count). The number of hydrogen-bond donors (Lipinski definition) is 1. The summed E-state index contributed by atoms with van der Waals surface area (Å²) < 4.78 is 37.2. The molecule has 2 N–H and O–H groups in total. The van der Waals surface area contributed by atoms with Gasteiger partial charge in [0.05, 0.1) is 17.2 Å². The first kappa shape index (κ1) is 12.0. The predicted molar refractivity (Wildman–Crippen MR) is 51.8 cm³/mol. The van der Waals surface area contributed by atoms with E-state index in [1.807, 2.05) is 0 Å². The number of nitrogens with two attached hydrogens (primary N) is 1. The van der Waals surface area contributed by atoms with Crippen molar-refractivity contribution < 1.29 is 13.2 Å². The van der Waals surface area contributed by atoms with Gasteiger partial charge in [0.2, 0.25) is 0 Å². The first-order chi connectivity index (χ1) is 6.90. The van der Waals surface area contributed by atoms with Crippen LogP contribution in [-0.4, -0.2) is 0 Å². The molecule has 0 aliphatic carbocycles. The maximum Gasteiger partial charge on any atom is 0.417 e. The normalized spacial score (nSPS) is 11.2. The summed E-state index contributed by atoms with van der Waals surface area (Å²) in [6.45, 7) is -0.0980. The predicted octanol–water partition coefficient (Wildman–Crippen LogP) is 2.80. The average Bonchev–Trinajstić information content (AvgIpc) is 2.15. The molecule has 2 nitrogen and oxygen atoms in total. The van der Waals surface area contributed by atoms with E-state index in [2.05, 4.69) is 15.9 Å². The molecular weight excluding hydrogens is 273 g/mol. The van der Waals surface area contributed by atoms with Crippen molar-refractivity contribution in [3.63, 3.8) is 0 Å². The highest BCUT2D eigenvalue weighted by Crippen LogP contribution is 2.36. The minimum atomic E-state index is -4.45. The summed E-state index contributed by atoms with van der Waals surface area (Å²) in [5.74, 6) is 0. The lowest BCUT2D eigenvalue weighted by Crippen LogP contribution is -2.09. The summed E-state index contributed by atoms with van der Waals surface area (Å²) in [5.41, 5.74) is 4.78. The zero-order valence-electron chi connectivity index (χ0n) is 7.40. The summed E-state index contributed by atoms with van der Waals surface area (Å²) in [6, 6.07) is 3.81. The molecule has 6 heteroatoms. The van der Waals surface area contributed by atoms with E-state index in [4.69, 9.17) is 11.0 Å². The van der Waals surface area contributed by atoms with E-state index in [0.717, 1.165) is 12.1 Å². The highest BCUT2D eigenvalue weighted by molar-refractivity contribution is 9.10. The van der Waals surface area contributed by atoms with Gasteiger partial charge in [0.15, 0.2) is 0 Å². The van der Waals surface area contributed by atoms with Crippen LogP contribution in [0.1, 0.15) is 16.7 Å². The van der Waals surface area contributed by atoms with Crippen molar-refractivity contribution in [2.24, 2.45) is 5.73 Å². The van der Waals surface area contributed by atoms with E-state index in [0.29, 0.717) is 0 Å². The summed E-state index contributed by atoms with van der Waals surface area (Å²) in [7, 11) is 0. The van der Waals surface area contributed by atoms with Gasteiger partial charge < -0.3 is 5.73 Å². The van der Waals surface area contributed by atoms with Crippen LogP contribution in [0.4, 0.5) is 13.2 Å². The van der Waals surface area contributed by atoms with E-state index in [1.54, 1.807) is 6.07 Å². The Bertz CT molecular complexity index is 421. The molecule has 0 spiro atoms. The van der Waals surface area contributed by atoms with Gasteiger partial charge in [0.1, 0.15) is 0 Å². The molecule has 0 aromatic heterocycles. The zero-order valence-corrected chi connectivity index (χ0v) is 8.98. The lowest BCUT2D eigenvalue weighted by molar-refractivity contribution is -0.138. The van der Waals surface area contributed by atoms with Crippen LogP contribution in [0.15, 0.2) is 16.6 Å². The Labute approximate surface area is 92.6 Å². The molecule has 0 aliphatic rings. The summed E-state index contributed by atoms with van der Waals surface area (Å²) in [4.78, 5) is 0. The quantitative estimate of drug-likeness (QED) is 0.859. The van der Waals surface area contributed by atoms with Crippen LogP contribution in [0, 0.1) is 11.3 Å². The number of nitriles is 1.